The minimum atomic E-state index is 0.354. The van der Waals surface area contributed by atoms with Crippen LogP contribution in [0.3, 0.4) is 0 Å². The van der Waals surface area contributed by atoms with Gasteiger partial charge in [0.2, 0.25) is 0 Å². The van der Waals surface area contributed by atoms with Crippen molar-refractivity contribution >= 4 is 23.5 Å². The zero-order chi connectivity index (χ0) is 13.8. The van der Waals surface area contributed by atoms with Crippen molar-refractivity contribution < 1.29 is 0 Å². The van der Waals surface area contributed by atoms with Crippen LogP contribution in [0.4, 0.5) is 0 Å². The molecule has 108 valence electrons. The van der Waals surface area contributed by atoms with Crippen LogP contribution in [0.25, 0.3) is 0 Å². The lowest BCUT2D eigenvalue weighted by molar-refractivity contribution is 0.491. The number of hydrogen-bond donors (Lipinski definition) is 1. The summed E-state index contributed by atoms with van der Waals surface area (Å²) in [6, 6.07) is 0.354. The Kier molecular flexibility index (Phi) is 5.59. The fourth-order valence-corrected chi connectivity index (χ4v) is 5.39. The fraction of sp³-hybridized carbons (Fsp3) is 0.846. The Morgan fingerprint density at radius 1 is 1.47 bits per heavy atom. The predicted molar refractivity (Wildman–Crippen MR) is 84.8 cm³/mol. The first-order chi connectivity index (χ1) is 9.13. The molecule has 19 heavy (non-hydrogen) atoms. The van der Waals surface area contributed by atoms with Gasteiger partial charge in [0.05, 0.1) is 17.9 Å². The van der Waals surface area contributed by atoms with E-state index in [1.807, 2.05) is 17.9 Å². The van der Waals surface area contributed by atoms with Gasteiger partial charge in [0.15, 0.2) is 0 Å². The van der Waals surface area contributed by atoms with E-state index in [1.165, 1.54) is 11.4 Å². The van der Waals surface area contributed by atoms with Gasteiger partial charge >= 0.3 is 0 Å². The molecule has 1 aliphatic rings. The molecule has 2 rings (SSSR count). The van der Waals surface area contributed by atoms with Crippen molar-refractivity contribution in [2.75, 3.05) is 12.3 Å². The molecular formula is C13H24N4S2. The van der Waals surface area contributed by atoms with Gasteiger partial charge in [-0.1, -0.05) is 26.0 Å². The van der Waals surface area contributed by atoms with E-state index in [4.69, 9.17) is 0 Å². The number of nitrogens with one attached hydrogen (secondary N) is 1. The molecule has 1 N–H and O–H groups in total. The van der Waals surface area contributed by atoms with Crippen molar-refractivity contribution in [3.05, 3.63) is 11.9 Å². The van der Waals surface area contributed by atoms with E-state index in [1.54, 1.807) is 0 Å². The second-order valence-electron chi connectivity index (χ2n) is 5.13. The van der Waals surface area contributed by atoms with Crippen molar-refractivity contribution in [2.45, 2.75) is 49.0 Å². The van der Waals surface area contributed by atoms with Gasteiger partial charge < -0.3 is 5.32 Å². The first-order valence-electron chi connectivity index (χ1n) is 6.98. The third kappa shape index (κ3) is 3.67. The van der Waals surface area contributed by atoms with Gasteiger partial charge in [-0.2, -0.15) is 23.5 Å². The molecule has 4 atom stereocenters. The number of rotatable bonds is 5. The van der Waals surface area contributed by atoms with Crippen LogP contribution in [0, 0.1) is 0 Å². The summed E-state index contributed by atoms with van der Waals surface area (Å²) >= 11 is 4.20. The van der Waals surface area contributed by atoms with Crippen molar-refractivity contribution in [3.63, 3.8) is 0 Å². The van der Waals surface area contributed by atoms with Crippen molar-refractivity contribution in [3.8, 4) is 0 Å². The van der Waals surface area contributed by atoms with Crippen LogP contribution in [0.5, 0.6) is 0 Å². The smallest absolute Gasteiger partial charge is 0.0764 e. The van der Waals surface area contributed by atoms with Gasteiger partial charge in [-0.3, -0.25) is 4.68 Å². The summed E-state index contributed by atoms with van der Waals surface area (Å²) in [5.74, 6) is 1.20. The molecule has 0 spiro atoms. The molecule has 1 fully saturated rings. The molecule has 0 saturated carbocycles. The summed E-state index contributed by atoms with van der Waals surface area (Å²) in [5, 5.41) is 13.9. The van der Waals surface area contributed by atoms with Crippen molar-refractivity contribution in [1.29, 1.82) is 0 Å². The Morgan fingerprint density at radius 3 is 2.84 bits per heavy atom. The summed E-state index contributed by atoms with van der Waals surface area (Å²) in [4.78, 5) is 0. The van der Waals surface area contributed by atoms with Crippen LogP contribution in [-0.4, -0.2) is 43.0 Å². The Morgan fingerprint density at radius 2 is 2.26 bits per heavy atom. The van der Waals surface area contributed by atoms with Crippen LogP contribution < -0.4 is 5.32 Å². The molecule has 1 aliphatic heterocycles. The SMILES string of the molecule is CCCNC(c1cnnn1C)C1CSC(C)C(C)S1. The molecule has 1 saturated heterocycles. The van der Waals surface area contributed by atoms with E-state index in [2.05, 4.69) is 59.9 Å². The zero-order valence-electron chi connectivity index (χ0n) is 12.2. The predicted octanol–water partition coefficient (Wildman–Crippen LogP) is 2.48. The van der Waals surface area contributed by atoms with E-state index >= 15 is 0 Å². The minimum Gasteiger partial charge on any atom is -0.308 e. The van der Waals surface area contributed by atoms with Gasteiger partial charge in [0.25, 0.3) is 0 Å². The fourth-order valence-electron chi connectivity index (χ4n) is 2.29. The quantitative estimate of drug-likeness (QED) is 0.905. The molecular weight excluding hydrogens is 276 g/mol. The summed E-state index contributed by atoms with van der Waals surface area (Å²) in [6.45, 7) is 7.92. The first-order valence-corrected chi connectivity index (χ1v) is 8.97. The lowest BCUT2D eigenvalue weighted by Crippen LogP contribution is -2.38. The number of aromatic nitrogens is 3. The standard InChI is InChI=1S/C13H24N4S2/c1-5-6-14-13(11-7-15-16-17(11)4)12-8-18-9(2)10(3)19-12/h7,9-10,12-14H,5-6,8H2,1-4H3. The largest absolute Gasteiger partial charge is 0.308 e. The van der Waals surface area contributed by atoms with E-state index in [-0.39, 0.29) is 0 Å². The van der Waals surface area contributed by atoms with Crippen LogP contribution in [0.2, 0.25) is 0 Å². The van der Waals surface area contributed by atoms with Gasteiger partial charge in [-0.05, 0) is 13.0 Å². The molecule has 1 aromatic rings. The Bertz CT molecular complexity index is 396. The van der Waals surface area contributed by atoms with Gasteiger partial charge in [-0.15, -0.1) is 5.10 Å². The van der Waals surface area contributed by atoms with Crippen LogP contribution >= 0.6 is 23.5 Å². The molecule has 0 amide bonds. The topological polar surface area (TPSA) is 42.7 Å². The Hall–Kier alpha value is -0.200. The molecule has 1 aromatic heterocycles. The van der Waals surface area contributed by atoms with E-state index < -0.39 is 0 Å². The van der Waals surface area contributed by atoms with Crippen LogP contribution in [0.15, 0.2) is 6.20 Å². The van der Waals surface area contributed by atoms with Crippen molar-refractivity contribution in [1.82, 2.24) is 20.3 Å². The summed E-state index contributed by atoms with van der Waals surface area (Å²) < 4.78 is 1.90. The first kappa shape index (κ1) is 15.2. The number of hydrogen-bond acceptors (Lipinski definition) is 5. The van der Waals surface area contributed by atoms with Crippen LogP contribution in [0.1, 0.15) is 38.9 Å². The molecule has 6 heteroatoms. The Balaban J connectivity index is 2.11. The lowest BCUT2D eigenvalue weighted by atomic mass is 10.1. The highest BCUT2D eigenvalue weighted by molar-refractivity contribution is 8.07. The summed E-state index contributed by atoms with van der Waals surface area (Å²) in [5.41, 5.74) is 1.20. The normalized spacial score (nSPS) is 29.4. The molecule has 4 nitrogen and oxygen atoms in total. The van der Waals surface area contributed by atoms with Gasteiger partial charge in [-0.25, -0.2) is 0 Å². The minimum absolute atomic E-state index is 0.354. The third-order valence-corrected chi connectivity index (χ3v) is 7.12. The number of nitrogens with zero attached hydrogens (tertiary/aromatic N) is 3. The highest BCUT2D eigenvalue weighted by atomic mass is 32.2. The number of thioether (sulfide) groups is 2. The molecule has 4 unspecified atom stereocenters. The highest BCUT2D eigenvalue weighted by Crippen LogP contribution is 2.40. The monoisotopic (exact) mass is 300 g/mol. The van der Waals surface area contributed by atoms with Crippen LogP contribution in [-0.2, 0) is 7.05 Å². The lowest BCUT2D eigenvalue weighted by Gasteiger charge is -2.36. The van der Waals surface area contributed by atoms with E-state index in [0.29, 0.717) is 16.5 Å². The summed E-state index contributed by atoms with van der Waals surface area (Å²) in [7, 11) is 1.98. The average molecular weight is 300 g/mol. The highest BCUT2D eigenvalue weighted by Gasteiger charge is 2.33. The zero-order valence-corrected chi connectivity index (χ0v) is 13.8. The van der Waals surface area contributed by atoms with E-state index in [0.717, 1.165) is 18.2 Å². The average Bonchev–Trinajstić information content (AvgIpc) is 2.80. The molecule has 0 aliphatic carbocycles. The van der Waals surface area contributed by atoms with Gasteiger partial charge in [0, 0.05) is 28.6 Å². The second-order valence-corrected chi connectivity index (χ2v) is 8.16. The second kappa shape index (κ2) is 6.99. The molecule has 0 radical (unpaired) electrons. The number of aryl methyl sites for hydroxylation is 1. The maximum atomic E-state index is 4.09. The maximum Gasteiger partial charge on any atom is 0.0764 e. The maximum absolute atomic E-state index is 4.09. The molecule has 2 heterocycles. The summed E-state index contributed by atoms with van der Waals surface area (Å²) in [6.07, 6.45) is 3.06. The Labute approximate surface area is 124 Å². The molecule has 0 aromatic carbocycles. The third-order valence-electron chi connectivity index (χ3n) is 3.63. The van der Waals surface area contributed by atoms with Gasteiger partial charge in [0.1, 0.15) is 0 Å². The van der Waals surface area contributed by atoms with Crippen molar-refractivity contribution in [2.24, 2.45) is 7.05 Å². The van der Waals surface area contributed by atoms with E-state index in [9.17, 15) is 0 Å². The molecule has 0 bridgehead atoms.